The van der Waals surface area contributed by atoms with Gasteiger partial charge in [-0.25, -0.2) is 0 Å². The Bertz CT molecular complexity index is 1310. The maximum atomic E-state index is 13.4. The van der Waals surface area contributed by atoms with Crippen molar-refractivity contribution in [3.8, 4) is 11.8 Å². The maximum Gasteiger partial charge on any atom is 0.270 e. The quantitative estimate of drug-likeness (QED) is 0.403. The number of nitriles is 1. The molecule has 1 aromatic carbocycles. The zero-order valence-corrected chi connectivity index (χ0v) is 22.2. The Morgan fingerprint density at radius 3 is 2.53 bits per heavy atom. The van der Waals surface area contributed by atoms with Crippen LogP contribution in [0.3, 0.4) is 0 Å². The minimum Gasteiger partial charge on any atom is -0.497 e. The molecule has 1 aromatic heterocycles. The van der Waals surface area contributed by atoms with E-state index in [9.17, 15) is 14.9 Å². The molecule has 8 nitrogen and oxygen atoms in total. The minimum absolute atomic E-state index is 0.0927. The Hall–Kier alpha value is -3.13. The molecular formula is C26H28N4O4S2. The average molecular weight is 525 g/mol. The van der Waals surface area contributed by atoms with Crippen LogP contribution in [0.4, 0.5) is 5.82 Å². The average Bonchev–Trinajstić information content (AvgIpc) is 3.17. The number of amides is 1. The molecule has 2 aliphatic heterocycles. The smallest absolute Gasteiger partial charge is 0.270 e. The number of morpholine rings is 1. The lowest BCUT2D eigenvalue weighted by Gasteiger charge is -2.33. The fraction of sp³-hybridized carbons (Fsp3) is 0.385. The van der Waals surface area contributed by atoms with E-state index in [2.05, 4.69) is 11.0 Å². The van der Waals surface area contributed by atoms with E-state index >= 15 is 0 Å². The SMILES string of the molecule is CCn1c(N2CCOCC2)c(C=C2SC(=S)N(CCc3ccc(OC)cc3)C2=O)c(C)c(C#N)c1=O. The molecule has 0 aliphatic carbocycles. The second-order valence-corrected chi connectivity index (χ2v) is 10.1. The number of carbonyl (C=O) groups is 1. The number of benzene rings is 1. The first-order chi connectivity index (χ1) is 17.4. The normalized spacial score (nSPS) is 17.1. The molecule has 0 saturated carbocycles. The van der Waals surface area contributed by atoms with Gasteiger partial charge in [-0.05, 0) is 49.6 Å². The van der Waals surface area contributed by atoms with Crippen LogP contribution in [0.25, 0.3) is 6.08 Å². The molecule has 188 valence electrons. The standard InChI is InChI=1S/C26H28N4O4S2/c1-4-29-23(28-11-13-34-14-12-28)20(17(2)21(16-27)24(29)31)15-22-25(32)30(26(35)36-22)10-9-18-5-7-19(33-3)8-6-18/h5-8,15H,4,9-14H2,1-3H3. The van der Waals surface area contributed by atoms with Crippen molar-refractivity contribution in [1.29, 1.82) is 5.26 Å². The van der Waals surface area contributed by atoms with Crippen molar-refractivity contribution in [2.75, 3.05) is 44.9 Å². The molecule has 36 heavy (non-hydrogen) atoms. The Balaban J connectivity index is 1.69. The van der Waals surface area contributed by atoms with Gasteiger partial charge in [-0.2, -0.15) is 5.26 Å². The predicted molar refractivity (Wildman–Crippen MR) is 145 cm³/mol. The number of thioether (sulfide) groups is 1. The number of nitrogens with zero attached hydrogens (tertiary/aromatic N) is 4. The number of aromatic nitrogens is 1. The van der Waals surface area contributed by atoms with Crippen LogP contribution in [0.15, 0.2) is 34.0 Å². The Morgan fingerprint density at radius 1 is 1.22 bits per heavy atom. The summed E-state index contributed by atoms with van der Waals surface area (Å²) in [7, 11) is 1.62. The first-order valence-electron chi connectivity index (χ1n) is 11.8. The molecule has 0 unspecified atom stereocenters. The summed E-state index contributed by atoms with van der Waals surface area (Å²) in [5, 5.41) is 9.73. The van der Waals surface area contributed by atoms with Gasteiger partial charge in [-0.1, -0.05) is 36.1 Å². The number of carbonyl (C=O) groups excluding carboxylic acids is 1. The molecule has 0 spiro atoms. The van der Waals surface area contributed by atoms with Crippen LogP contribution in [0.2, 0.25) is 0 Å². The molecule has 0 N–H and O–H groups in total. The topological polar surface area (TPSA) is 87.8 Å². The van der Waals surface area contributed by atoms with E-state index < -0.39 is 0 Å². The third-order valence-corrected chi connectivity index (χ3v) is 7.78. The first-order valence-corrected chi connectivity index (χ1v) is 13.0. The lowest BCUT2D eigenvalue weighted by Crippen LogP contribution is -2.41. The first kappa shape index (κ1) is 25.9. The number of pyridine rings is 1. The molecule has 2 fully saturated rings. The van der Waals surface area contributed by atoms with Gasteiger partial charge in [0.05, 0.1) is 25.2 Å². The van der Waals surface area contributed by atoms with E-state index in [-0.39, 0.29) is 17.0 Å². The summed E-state index contributed by atoms with van der Waals surface area (Å²) in [5.41, 5.74) is 2.12. The van der Waals surface area contributed by atoms with Gasteiger partial charge in [-0.3, -0.25) is 19.1 Å². The van der Waals surface area contributed by atoms with Gasteiger partial charge in [0.2, 0.25) is 0 Å². The number of hydrogen-bond donors (Lipinski definition) is 0. The molecule has 2 aliphatic rings. The van der Waals surface area contributed by atoms with Gasteiger partial charge in [0.15, 0.2) is 0 Å². The molecule has 10 heteroatoms. The van der Waals surface area contributed by atoms with Gasteiger partial charge in [-0.15, -0.1) is 0 Å². The molecule has 2 saturated heterocycles. The molecule has 3 heterocycles. The minimum atomic E-state index is -0.316. The number of anilines is 1. The Kier molecular flexibility index (Phi) is 8.14. The Labute approximate surface area is 220 Å². The van der Waals surface area contributed by atoms with Crippen LogP contribution in [0.1, 0.15) is 29.2 Å². The molecular weight excluding hydrogens is 496 g/mol. The maximum absolute atomic E-state index is 13.4. The van der Waals surface area contributed by atoms with Gasteiger partial charge in [0, 0.05) is 31.7 Å². The van der Waals surface area contributed by atoms with E-state index in [1.54, 1.807) is 29.6 Å². The second kappa shape index (κ2) is 11.3. The third kappa shape index (κ3) is 5.05. The summed E-state index contributed by atoms with van der Waals surface area (Å²) in [6.45, 7) is 6.84. The van der Waals surface area contributed by atoms with Gasteiger partial charge in [0.1, 0.15) is 27.5 Å². The van der Waals surface area contributed by atoms with E-state index in [0.717, 1.165) is 11.3 Å². The van der Waals surface area contributed by atoms with E-state index in [1.807, 2.05) is 31.2 Å². The van der Waals surface area contributed by atoms with Crippen LogP contribution in [-0.4, -0.2) is 59.7 Å². The highest BCUT2D eigenvalue weighted by molar-refractivity contribution is 8.26. The number of hydrogen-bond acceptors (Lipinski definition) is 8. The lowest BCUT2D eigenvalue weighted by atomic mass is 10.0. The highest BCUT2D eigenvalue weighted by Gasteiger charge is 2.33. The summed E-state index contributed by atoms with van der Waals surface area (Å²) in [6.07, 6.45) is 2.44. The van der Waals surface area contributed by atoms with E-state index in [4.69, 9.17) is 21.7 Å². The number of rotatable bonds is 7. The summed E-state index contributed by atoms with van der Waals surface area (Å²) in [6, 6.07) is 9.80. The zero-order valence-electron chi connectivity index (χ0n) is 20.6. The van der Waals surface area contributed by atoms with Crippen molar-refractivity contribution in [1.82, 2.24) is 9.47 Å². The van der Waals surface area contributed by atoms with Crippen molar-refractivity contribution in [3.05, 3.63) is 61.8 Å². The molecule has 0 radical (unpaired) electrons. The predicted octanol–water partition coefficient (Wildman–Crippen LogP) is 3.34. The summed E-state index contributed by atoms with van der Waals surface area (Å²) in [4.78, 5) is 30.7. The number of ether oxygens (including phenoxy) is 2. The second-order valence-electron chi connectivity index (χ2n) is 8.43. The number of methoxy groups -OCH3 is 1. The van der Waals surface area contributed by atoms with Crippen molar-refractivity contribution in [2.45, 2.75) is 26.8 Å². The molecule has 2 aromatic rings. The Morgan fingerprint density at radius 2 is 1.92 bits per heavy atom. The van der Waals surface area contributed by atoms with Crippen molar-refractivity contribution in [3.63, 3.8) is 0 Å². The van der Waals surface area contributed by atoms with Crippen LogP contribution in [0, 0.1) is 18.3 Å². The molecule has 1 amide bonds. The summed E-state index contributed by atoms with van der Waals surface area (Å²) in [5.74, 6) is 1.33. The third-order valence-electron chi connectivity index (χ3n) is 6.41. The monoisotopic (exact) mass is 524 g/mol. The molecule has 0 atom stereocenters. The van der Waals surface area contributed by atoms with Crippen molar-refractivity contribution >= 4 is 46.1 Å². The van der Waals surface area contributed by atoms with Crippen LogP contribution in [-0.2, 0) is 22.5 Å². The zero-order chi connectivity index (χ0) is 25.8. The molecule has 4 rings (SSSR count). The van der Waals surface area contributed by atoms with Crippen LogP contribution in [0.5, 0.6) is 5.75 Å². The highest BCUT2D eigenvalue weighted by Crippen LogP contribution is 2.36. The fourth-order valence-corrected chi connectivity index (χ4v) is 5.70. The van der Waals surface area contributed by atoms with Gasteiger partial charge in [0.25, 0.3) is 11.5 Å². The van der Waals surface area contributed by atoms with Gasteiger partial charge >= 0.3 is 0 Å². The van der Waals surface area contributed by atoms with Gasteiger partial charge < -0.3 is 14.4 Å². The van der Waals surface area contributed by atoms with Crippen LogP contribution < -0.4 is 15.2 Å². The fourth-order valence-electron chi connectivity index (χ4n) is 4.41. The summed E-state index contributed by atoms with van der Waals surface area (Å²) < 4.78 is 12.8. The number of thiocarbonyl (C=S) groups is 1. The van der Waals surface area contributed by atoms with Crippen LogP contribution >= 0.6 is 24.0 Å². The van der Waals surface area contributed by atoms with E-state index in [0.29, 0.717) is 72.0 Å². The summed E-state index contributed by atoms with van der Waals surface area (Å²) >= 11 is 6.80. The lowest BCUT2D eigenvalue weighted by molar-refractivity contribution is -0.122. The highest BCUT2D eigenvalue weighted by atomic mass is 32.2. The van der Waals surface area contributed by atoms with E-state index in [1.165, 1.54) is 11.8 Å². The largest absolute Gasteiger partial charge is 0.497 e. The molecule has 0 bridgehead atoms. The van der Waals surface area contributed by atoms with Crippen molar-refractivity contribution in [2.24, 2.45) is 0 Å². The van der Waals surface area contributed by atoms with Crippen molar-refractivity contribution < 1.29 is 14.3 Å².